The number of aromatic nitrogens is 1. The molecule has 0 bridgehead atoms. The van der Waals surface area contributed by atoms with Gasteiger partial charge in [0.2, 0.25) is 5.60 Å². The van der Waals surface area contributed by atoms with Crippen LogP contribution in [-0.4, -0.2) is 41.8 Å². The van der Waals surface area contributed by atoms with Gasteiger partial charge in [0.05, 0.1) is 25.1 Å². The standard InChI is InChI=1S/C25H23N3O4/c1-31-24(30)25(15-18-9-4-2-5-10-18)16-20(28-32-25)17-26-23(29)22-14-8-13-21(27-22)19-11-6-3-7-12-19/h2-14H,15-17H2,1H3,(H,26,29). The Bertz CT molecular complexity index is 1130. The van der Waals surface area contributed by atoms with E-state index in [1.54, 1.807) is 12.1 Å². The maximum absolute atomic E-state index is 12.7. The number of amides is 1. The van der Waals surface area contributed by atoms with Crippen molar-refractivity contribution in [1.82, 2.24) is 10.3 Å². The number of pyridine rings is 1. The van der Waals surface area contributed by atoms with Crippen LogP contribution in [0.2, 0.25) is 0 Å². The van der Waals surface area contributed by atoms with Crippen molar-refractivity contribution in [2.75, 3.05) is 13.7 Å². The number of esters is 1. The molecule has 0 spiro atoms. The molecule has 7 heteroatoms. The molecule has 0 saturated carbocycles. The largest absolute Gasteiger partial charge is 0.466 e. The van der Waals surface area contributed by atoms with Crippen molar-refractivity contribution in [2.24, 2.45) is 5.16 Å². The van der Waals surface area contributed by atoms with Gasteiger partial charge in [-0.05, 0) is 17.7 Å². The van der Waals surface area contributed by atoms with Gasteiger partial charge in [0.1, 0.15) is 5.69 Å². The van der Waals surface area contributed by atoms with Crippen LogP contribution in [0.25, 0.3) is 11.3 Å². The van der Waals surface area contributed by atoms with Crippen LogP contribution in [0.15, 0.2) is 84.0 Å². The fourth-order valence-corrected chi connectivity index (χ4v) is 3.63. The van der Waals surface area contributed by atoms with E-state index in [1.165, 1.54) is 7.11 Å². The Morgan fingerprint density at radius 3 is 2.44 bits per heavy atom. The molecule has 1 aliphatic heterocycles. The number of benzene rings is 2. The zero-order valence-corrected chi connectivity index (χ0v) is 17.7. The van der Waals surface area contributed by atoms with E-state index in [9.17, 15) is 9.59 Å². The average molecular weight is 429 g/mol. The minimum atomic E-state index is -1.23. The van der Waals surface area contributed by atoms with Gasteiger partial charge < -0.3 is 14.9 Å². The molecule has 2 aromatic carbocycles. The Kier molecular flexibility index (Phi) is 6.26. The number of nitrogens with zero attached hydrogens (tertiary/aromatic N) is 2. The lowest BCUT2D eigenvalue weighted by Crippen LogP contribution is -2.43. The summed E-state index contributed by atoms with van der Waals surface area (Å²) in [6, 6.07) is 24.5. The smallest absolute Gasteiger partial charge is 0.353 e. The third-order valence-corrected chi connectivity index (χ3v) is 5.23. The molecule has 1 aliphatic rings. The predicted molar refractivity (Wildman–Crippen MR) is 120 cm³/mol. The molecule has 7 nitrogen and oxygen atoms in total. The molecule has 32 heavy (non-hydrogen) atoms. The first-order chi connectivity index (χ1) is 15.6. The summed E-state index contributed by atoms with van der Waals surface area (Å²) in [5, 5.41) is 6.88. The number of hydrogen-bond acceptors (Lipinski definition) is 6. The number of oxime groups is 1. The van der Waals surface area contributed by atoms with Crippen molar-refractivity contribution in [3.05, 3.63) is 90.1 Å². The highest BCUT2D eigenvalue weighted by Crippen LogP contribution is 2.29. The van der Waals surface area contributed by atoms with Gasteiger partial charge >= 0.3 is 5.97 Å². The number of nitrogens with one attached hydrogen (secondary N) is 1. The summed E-state index contributed by atoms with van der Waals surface area (Å²) in [6.07, 6.45) is 0.550. The normalized spacial score (nSPS) is 17.2. The van der Waals surface area contributed by atoms with E-state index in [-0.39, 0.29) is 18.9 Å². The van der Waals surface area contributed by atoms with E-state index in [0.717, 1.165) is 11.1 Å². The molecule has 1 amide bonds. The van der Waals surface area contributed by atoms with Crippen LogP contribution < -0.4 is 5.32 Å². The topological polar surface area (TPSA) is 89.9 Å². The average Bonchev–Trinajstić information content (AvgIpc) is 3.27. The lowest BCUT2D eigenvalue weighted by molar-refractivity contribution is -0.166. The molecule has 1 atom stereocenters. The molecule has 0 aliphatic carbocycles. The van der Waals surface area contributed by atoms with Crippen LogP contribution in [0.5, 0.6) is 0 Å². The van der Waals surface area contributed by atoms with Crippen molar-refractivity contribution in [2.45, 2.75) is 18.4 Å². The van der Waals surface area contributed by atoms with Crippen LogP contribution in [0.1, 0.15) is 22.5 Å². The van der Waals surface area contributed by atoms with E-state index in [2.05, 4.69) is 15.5 Å². The zero-order chi connectivity index (χ0) is 22.4. The van der Waals surface area contributed by atoms with E-state index in [1.807, 2.05) is 66.7 Å². The Morgan fingerprint density at radius 2 is 1.72 bits per heavy atom. The van der Waals surface area contributed by atoms with E-state index in [4.69, 9.17) is 9.57 Å². The number of carbonyl (C=O) groups is 2. The number of hydrogen-bond donors (Lipinski definition) is 1. The quantitative estimate of drug-likeness (QED) is 0.582. The van der Waals surface area contributed by atoms with E-state index < -0.39 is 11.6 Å². The van der Waals surface area contributed by atoms with Crippen molar-refractivity contribution >= 4 is 17.6 Å². The lowest BCUT2D eigenvalue weighted by Gasteiger charge is -2.23. The third kappa shape index (κ3) is 4.67. The molecule has 1 unspecified atom stereocenters. The van der Waals surface area contributed by atoms with Crippen molar-refractivity contribution in [3.8, 4) is 11.3 Å². The molecule has 162 valence electrons. The van der Waals surface area contributed by atoms with Gasteiger partial charge in [0, 0.05) is 18.4 Å². The van der Waals surface area contributed by atoms with Gasteiger partial charge in [0.15, 0.2) is 0 Å². The molecule has 2 heterocycles. The molecule has 0 radical (unpaired) electrons. The Hall–Kier alpha value is -4.00. The zero-order valence-electron chi connectivity index (χ0n) is 17.7. The summed E-state index contributed by atoms with van der Waals surface area (Å²) in [4.78, 5) is 35.2. The summed E-state index contributed by atoms with van der Waals surface area (Å²) in [5.41, 5.74) is 2.20. The minimum Gasteiger partial charge on any atom is -0.466 e. The summed E-state index contributed by atoms with van der Waals surface area (Å²) in [6.45, 7) is 0.142. The Labute approximate surface area is 186 Å². The Balaban J connectivity index is 1.41. The molecular weight excluding hydrogens is 406 g/mol. The maximum atomic E-state index is 12.7. The predicted octanol–water partition coefficient (Wildman–Crippen LogP) is 3.41. The molecule has 1 N–H and O–H groups in total. The molecule has 3 aromatic rings. The third-order valence-electron chi connectivity index (χ3n) is 5.23. The highest BCUT2D eigenvalue weighted by molar-refractivity contribution is 5.99. The van der Waals surface area contributed by atoms with Gasteiger partial charge in [-0.1, -0.05) is 71.9 Å². The summed E-state index contributed by atoms with van der Waals surface area (Å²) in [5.74, 6) is -0.826. The molecule has 1 aromatic heterocycles. The Morgan fingerprint density at radius 1 is 1.00 bits per heavy atom. The van der Waals surface area contributed by atoms with Crippen LogP contribution in [0.4, 0.5) is 0 Å². The van der Waals surface area contributed by atoms with Crippen molar-refractivity contribution in [1.29, 1.82) is 0 Å². The highest BCUT2D eigenvalue weighted by Gasteiger charge is 2.47. The summed E-state index contributed by atoms with van der Waals surface area (Å²) in [7, 11) is 1.32. The lowest BCUT2D eigenvalue weighted by atomic mass is 9.89. The van der Waals surface area contributed by atoms with Gasteiger partial charge in [0.25, 0.3) is 5.91 Å². The second kappa shape index (κ2) is 9.43. The van der Waals surface area contributed by atoms with Gasteiger partial charge in [-0.15, -0.1) is 0 Å². The maximum Gasteiger partial charge on any atom is 0.353 e. The van der Waals surface area contributed by atoms with Crippen LogP contribution >= 0.6 is 0 Å². The summed E-state index contributed by atoms with van der Waals surface area (Å²) < 4.78 is 4.97. The van der Waals surface area contributed by atoms with E-state index in [0.29, 0.717) is 23.5 Å². The first kappa shape index (κ1) is 21.2. The number of methoxy groups -OCH3 is 1. The fraction of sp³-hybridized carbons (Fsp3) is 0.200. The van der Waals surface area contributed by atoms with Gasteiger partial charge in [-0.3, -0.25) is 4.79 Å². The first-order valence-corrected chi connectivity index (χ1v) is 10.3. The minimum absolute atomic E-state index is 0.142. The molecular formula is C25H23N3O4. The van der Waals surface area contributed by atoms with Crippen LogP contribution in [0.3, 0.4) is 0 Å². The second-order valence-corrected chi connectivity index (χ2v) is 7.53. The van der Waals surface area contributed by atoms with Crippen LogP contribution in [-0.2, 0) is 20.8 Å². The molecule has 0 saturated heterocycles. The SMILES string of the molecule is COC(=O)C1(Cc2ccccc2)CC(CNC(=O)c2cccc(-c3ccccc3)n2)=NO1. The van der Waals surface area contributed by atoms with Crippen molar-refractivity contribution < 1.29 is 19.2 Å². The first-order valence-electron chi connectivity index (χ1n) is 10.3. The number of rotatable bonds is 7. The molecule has 4 rings (SSSR count). The number of ether oxygens (including phenoxy) is 1. The fourth-order valence-electron chi connectivity index (χ4n) is 3.63. The second-order valence-electron chi connectivity index (χ2n) is 7.53. The van der Waals surface area contributed by atoms with Crippen LogP contribution in [0, 0.1) is 0 Å². The van der Waals surface area contributed by atoms with Gasteiger partial charge in [-0.2, -0.15) is 0 Å². The monoisotopic (exact) mass is 429 g/mol. The van der Waals surface area contributed by atoms with E-state index >= 15 is 0 Å². The molecule has 0 fully saturated rings. The van der Waals surface area contributed by atoms with Gasteiger partial charge in [-0.25, -0.2) is 9.78 Å². The van der Waals surface area contributed by atoms with Crippen molar-refractivity contribution in [3.63, 3.8) is 0 Å². The number of carbonyl (C=O) groups excluding carboxylic acids is 2. The summed E-state index contributed by atoms with van der Waals surface area (Å²) >= 11 is 0. The highest BCUT2D eigenvalue weighted by atomic mass is 16.7.